The number of nitrogens with zero attached hydrogens (tertiary/aromatic N) is 1. The Morgan fingerprint density at radius 1 is 1.21 bits per heavy atom. The van der Waals surface area contributed by atoms with E-state index in [2.05, 4.69) is 11.6 Å². The second-order valence-corrected chi connectivity index (χ2v) is 7.13. The smallest absolute Gasteiger partial charge is 0.245 e. The molecule has 1 saturated heterocycles. The first kappa shape index (κ1) is 13.3. The zero-order chi connectivity index (χ0) is 13.4. The first-order valence-electron chi connectivity index (χ1n) is 7.31. The van der Waals surface area contributed by atoms with Gasteiger partial charge in [0.1, 0.15) is 6.04 Å². The predicted octanol–water partition coefficient (Wildman–Crippen LogP) is 1.40. The molecule has 5 heteroatoms. The van der Waals surface area contributed by atoms with Crippen LogP contribution in [0.1, 0.15) is 38.5 Å². The fourth-order valence-electron chi connectivity index (χ4n) is 3.34. The van der Waals surface area contributed by atoms with Crippen molar-refractivity contribution in [3.05, 3.63) is 0 Å². The van der Waals surface area contributed by atoms with Crippen molar-refractivity contribution in [1.29, 1.82) is 0 Å². The van der Waals surface area contributed by atoms with Crippen molar-refractivity contribution in [2.24, 2.45) is 5.92 Å². The number of nitrogens with one attached hydrogen (secondary N) is 1. The summed E-state index contributed by atoms with van der Waals surface area (Å²) in [5.74, 6) is 0.627. The molecule has 0 aromatic heterocycles. The van der Waals surface area contributed by atoms with E-state index in [0.29, 0.717) is 30.2 Å². The molecule has 3 unspecified atom stereocenters. The van der Waals surface area contributed by atoms with Crippen LogP contribution in [-0.4, -0.2) is 46.8 Å². The Labute approximate surface area is 118 Å². The first-order valence-corrected chi connectivity index (χ1v) is 8.60. The van der Waals surface area contributed by atoms with Gasteiger partial charge in [-0.15, -0.1) is 0 Å². The SMILES string of the molecule is CSC1CCC(N2CCC(=O)NC(C3CC3)C2=O)C1. The maximum Gasteiger partial charge on any atom is 0.245 e. The number of thioether (sulfide) groups is 1. The molecule has 0 aromatic carbocycles. The molecule has 1 aliphatic heterocycles. The summed E-state index contributed by atoms with van der Waals surface area (Å²) < 4.78 is 0. The second-order valence-electron chi connectivity index (χ2n) is 5.99. The average Bonchev–Trinajstić information content (AvgIpc) is 3.15. The van der Waals surface area contributed by atoms with Crippen LogP contribution in [0, 0.1) is 5.92 Å². The fourth-order valence-corrected chi connectivity index (χ4v) is 4.13. The molecule has 3 rings (SSSR count). The van der Waals surface area contributed by atoms with Gasteiger partial charge in [0.25, 0.3) is 0 Å². The lowest BCUT2D eigenvalue weighted by molar-refractivity contribution is -0.136. The lowest BCUT2D eigenvalue weighted by Gasteiger charge is -2.30. The van der Waals surface area contributed by atoms with Crippen molar-refractivity contribution in [1.82, 2.24) is 10.2 Å². The van der Waals surface area contributed by atoms with Crippen LogP contribution in [0.4, 0.5) is 0 Å². The van der Waals surface area contributed by atoms with E-state index in [1.807, 2.05) is 16.7 Å². The summed E-state index contributed by atoms with van der Waals surface area (Å²) >= 11 is 1.91. The third kappa shape index (κ3) is 2.76. The van der Waals surface area contributed by atoms with Crippen LogP contribution in [0.3, 0.4) is 0 Å². The van der Waals surface area contributed by atoms with E-state index in [4.69, 9.17) is 0 Å². The minimum Gasteiger partial charge on any atom is -0.344 e. The molecule has 3 atom stereocenters. The van der Waals surface area contributed by atoms with Gasteiger partial charge in [0.05, 0.1) is 0 Å². The van der Waals surface area contributed by atoms with Gasteiger partial charge in [0.15, 0.2) is 0 Å². The summed E-state index contributed by atoms with van der Waals surface area (Å²) in [7, 11) is 0. The van der Waals surface area contributed by atoms with Crippen LogP contribution in [0.2, 0.25) is 0 Å². The first-order chi connectivity index (χ1) is 9.19. The van der Waals surface area contributed by atoms with Gasteiger partial charge in [-0.05, 0) is 44.3 Å². The molecule has 0 bridgehead atoms. The second kappa shape index (κ2) is 5.35. The Morgan fingerprint density at radius 2 is 2.00 bits per heavy atom. The molecular formula is C14H22N2O2S. The molecule has 3 aliphatic rings. The third-order valence-corrected chi connectivity index (χ3v) is 5.76. The largest absolute Gasteiger partial charge is 0.344 e. The quantitative estimate of drug-likeness (QED) is 0.851. The molecule has 2 aliphatic carbocycles. The van der Waals surface area contributed by atoms with Gasteiger partial charge in [-0.2, -0.15) is 11.8 Å². The van der Waals surface area contributed by atoms with Gasteiger partial charge >= 0.3 is 0 Å². The third-order valence-electron chi connectivity index (χ3n) is 4.67. The molecule has 19 heavy (non-hydrogen) atoms. The normalized spacial score (nSPS) is 36.3. The van der Waals surface area contributed by atoms with Gasteiger partial charge in [-0.1, -0.05) is 0 Å². The molecule has 0 aromatic rings. The van der Waals surface area contributed by atoms with E-state index in [1.165, 1.54) is 6.42 Å². The van der Waals surface area contributed by atoms with Crippen molar-refractivity contribution in [3.8, 4) is 0 Å². The Morgan fingerprint density at radius 3 is 2.63 bits per heavy atom. The molecule has 2 saturated carbocycles. The number of rotatable bonds is 3. The van der Waals surface area contributed by atoms with Crippen LogP contribution >= 0.6 is 11.8 Å². The summed E-state index contributed by atoms with van der Waals surface area (Å²) in [5.41, 5.74) is 0. The van der Waals surface area contributed by atoms with Crippen LogP contribution in [0.15, 0.2) is 0 Å². The van der Waals surface area contributed by atoms with Crippen molar-refractivity contribution in [2.45, 2.75) is 55.9 Å². The maximum absolute atomic E-state index is 12.7. The summed E-state index contributed by atoms with van der Waals surface area (Å²) in [6, 6.07) is 0.127. The van der Waals surface area contributed by atoms with Gasteiger partial charge in [0, 0.05) is 24.3 Å². The minimum atomic E-state index is -0.233. The van der Waals surface area contributed by atoms with Gasteiger partial charge < -0.3 is 10.2 Å². The summed E-state index contributed by atoms with van der Waals surface area (Å²) in [4.78, 5) is 26.4. The number of amides is 2. The Bertz CT molecular complexity index is 384. The highest BCUT2D eigenvalue weighted by Gasteiger charge is 2.43. The maximum atomic E-state index is 12.7. The zero-order valence-corrected chi connectivity index (χ0v) is 12.2. The van der Waals surface area contributed by atoms with Gasteiger partial charge in [-0.25, -0.2) is 0 Å². The molecular weight excluding hydrogens is 260 g/mol. The molecule has 0 radical (unpaired) electrons. The van der Waals surface area contributed by atoms with Crippen LogP contribution in [0.25, 0.3) is 0 Å². The summed E-state index contributed by atoms with van der Waals surface area (Å²) in [6.45, 7) is 0.611. The summed E-state index contributed by atoms with van der Waals surface area (Å²) in [5, 5.41) is 3.62. The lowest BCUT2D eigenvalue weighted by atomic mass is 10.1. The number of hydrogen-bond acceptors (Lipinski definition) is 3. The van der Waals surface area contributed by atoms with E-state index in [1.54, 1.807) is 0 Å². The van der Waals surface area contributed by atoms with E-state index >= 15 is 0 Å². The molecule has 106 valence electrons. The molecule has 1 N–H and O–H groups in total. The van der Waals surface area contributed by atoms with E-state index < -0.39 is 0 Å². The number of hydrogen-bond donors (Lipinski definition) is 1. The average molecular weight is 282 g/mol. The fraction of sp³-hybridized carbons (Fsp3) is 0.857. The monoisotopic (exact) mass is 282 g/mol. The van der Waals surface area contributed by atoms with Crippen LogP contribution in [0.5, 0.6) is 0 Å². The number of carbonyl (C=O) groups is 2. The molecule has 2 amide bonds. The predicted molar refractivity (Wildman–Crippen MR) is 75.9 cm³/mol. The van der Waals surface area contributed by atoms with Crippen molar-refractivity contribution in [3.63, 3.8) is 0 Å². The van der Waals surface area contributed by atoms with Crippen LogP contribution in [-0.2, 0) is 9.59 Å². The minimum absolute atomic E-state index is 0.0483. The Balaban J connectivity index is 1.72. The van der Waals surface area contributed by atoms with E-state index in [9.17, 15) is 9.59 Å². The zero-order valence-electron chi connectivity index (χ0n) is 11.4. The van der Waals surface area contributed by atoms with Gasteiger partial charge in [0.2, 0.25) is 11.8 Å². The topological polar surface area (TPSA) is 49.4 Å². The van der Waals surface area contributed by atoms with E-state index in [0.717, 1.165) is 25.7 Å². The molecule has 4 nitrogen and oxygen atoms in total. The Kier molecular flexibility index (Phi) is 3.74. The van der Waals surface area contributed by atoms with Gasteiger partial charge in [-0.3, -0.25) is 9.59 Å². The van der Waals surface area contributed by atoms with Crippen molar-refractivity contribution < 1.29 is 9.59 Å². The highest BCUT2D eigenvalue weighted by Crippen LogP contribution is 2.37. The van der Waals surface area contributed by atoms with Crippen molar-refractivity contribution in [2.75, 3.05) is 12.8 Å². The number of carbonyl (C=O) groups excluding carboxylic acids is 2. The lowest BCUT2D eigenvalue weighted by Crippen LogP contribution is -2.49. The summed E-state index contributed by atoms with van der Waals surface area (Å²) in [6.07, 6.45) is 8.18. The van der Waals surface area contributed by atoms with E-state index in [-0.39, 0.29) is 17.9 Å². The molecule has 1 heterocycles. The highest BCUT2D eigenvalue weighted by molar-refractivity contribution is 7.99. The Hall–Kier alpha value is -0.710. The van der Waals surface area contributed by atoms with Crippen molar-refractivity contribution >= 4 is 23.6 Å². The molecule has 0 spiro atoms. The molecule has 3 fully saturated rings. The van der Waals surface area contributed by atoms with Crippen LogP contribution < -0.4 is 5.32 Å². The standard InChI is InChI=1S/C14H22N2O2S/c1-19-11-5-4-10(8-11)16-7-6-12(17)15-13(14(16)18)9-2-3-9/h9-11,13H,2-8H2,1H3,(H,15,17). The highest BCUT2D eigenvalue weighted by atomic mass is 32.2.